The number of nitrogens with one attached hydrogen (secondary N) is 1. The fourth-order valence-electron chi connectivity index (χ4n) is 1.97. The van der Waals surface area contributed by atoms with Crippen LogP contribution in [0, 0.1) is 0 Å². The minimum atomic E-state index is -4.55. The van der Waals surface area contributed by atoms with Gasteiger partial charge in [0.25, 0.3) is 0 Å². The van der Waals surface area contributed by atoms with E-state index in [1.165, 1.54) is 0 Å². The second-order valence-corrected chi connectivity index (χ2v) is 4.42. The van der Waals surface area contributed by atoms with Crippen molar-refractivity contribution in [1.29, 1.82) is 0 Å². The van der Waals surface area contributed by atoms with Gasteiger partial charge in [-0.2, -0.15) is 13.2 Å². The zero-order valence-electron chi connectivity index (χ0n) is 11.2. The summed E-state index contributed by atoms with van der Waals surface area (Å²) in [5, 5.41) is 2.81. The van der Waals surface area contributed by atoms with Gasteiger partial charge in [0.15, 0.2) is 0 Å². The Morgan fingerprint density at radius 2 is 2.10 bits per heavy atom. The molecule has 1 aliphatic heterocycles. The summed E-state index contributed by atoms with van der Waals surface area (Å²) in [5.74, 6) is -0.639. The van der Waals surface area contributed by atoms with E-state index in [1.807, 2.05) is 0 Å². The zero-order chi connectivity index (χ0) is 14.6. The van der Waals surface area contributed by atoms with Crippen molar-refractivity contribution in [1.82, 2.24) is 9.97 Å². The van der Waals surface area contributed by atoms with Crippen molar-refractivity contribution in [2.24, 2.45) is 0 Å². The fourth-order valence-corrected chi connectivity index (χ4v) is 1.97. The number of nitrogens with zero attached hydrogens (tertiary/aromatic N) is 3. The lowest BCUT2D eigenvalue weighted by Crippen LogP contribution is -2.28. The maximum absolute atomic E-state index is 12.8. The molecule has 1 aliphatic rings. The zero-order valence-corrected chi connectivity index (χ0v) is 11.2. The third-order valence-electron chi connectivity index (χ3n) is 2.87. The molecule has 0 saturated carbocycles. The summed E-state index contributed by atoms with van der Waals surface area (Å²) < 4.78 is 43.8. The average molecular weight is 290 g/mol. The fraction of sp³-hybridized carbons (Fsp3) is 0.667. The Balaban J connectivity index is 2.32. The van der Waals surface area contributed by atoms with Crippen LogP contribution in [0.5, 0.6) is 0 Å². The van der Waals surface area contributed by atoms with Crippen LogP contribution in [0.2, 0.25) is 0 Å². The van der Waals surface area contributed by atoms with Crippen molar-refractivity contribution in [3.05, 3.63) is 11.9 Å². The molecular formula is C12H17F3N4O. The summed E-state index contributed by atoms with van der Waals surface area (Å²) in [6.45, 7) is 4.56. The quantitative estimate of drug-likeness (QED) is 0.924. The second kappa shape index (κ2) is 6.25. The highest BCUT2D eigenvalue weighted by atomic mass is 19.4. The van der Waals surface area contributed by atoms with Crippen molar-refractivity contribution >= 4 is 11.6 Å². The Bertz CT molecular complexity index is 445. The highest BCUT2D eigenvalue weighted by Crippen LogP contribution is 2.29. The molecular weight excluding hydrogens is 273 g/mol. The number of anilines is 2. The van der Waals surface area contributed by atoms with E-state index in [4.69, 9.17) is 4.74 Å². The molecule has 0 aromatic carbocycles. The normalized spacial score (nSPS) is 16.9. The molecule has 1 fully saturated rings. The predicted octanol–water partition coefficient (Wildman–Crippen LogP) is 2.15. The molecule has 1 aromatic rings. The summed E-state index contributed by atoms with van der Waals surface area (Å²) in [5.41, 5.74) is 0. The first-order valence-corrected chi connectivity index (χ1v) is 6.53. The van der Waals surface area contributed by atoms with E-state index in [1.54, 1.807) is 17.9 Å². The number of rotatable bonds is 3. The summed E-state index contributed by atoms with van der Waals surface area (Å²) in [7, 11) is 0. The maximum Gasteiger partial charge on any atom is 0.451 e. The molecule has 20 heavy (non-hydrogen) atoms. The number of hydrogen-bond acceptors (Lipinski definition) is 5. The monoisotopic (exact) mass is 290 g/mol. The Hall–Kier alpha value is -1.57. The van der Waals surface area contributed by atoms with Crippen molar-refractivity contribution in [3.8, 4) is 0 Å². The van der Waals surface area contributed by atoms with E-state index in [2.05, 4.69) is 15.3 Å². The van der Waals surface area contributed by atoms with Crippen LogP contribution in [-0.4, -0.2) is 42.8 Å². The summed E-state index contributed by atoms with van der Waals surface area (Å²) >= 11 is 0. The molecule has 0 unspecified atom stereocenters. The second-order valence-electron chi connectivity index (χ2n) is 4.42. The molecule has 112 valence electrons. The molecule has 8 heteroatoms. The van der Waals surface area contributed by atoms with Crippen LogP contribution in [0.15, 0.2) is 6.07 Å². The van der Waals surface area contributed by atoms with Gasteiger partial charge < -0.3 is 15.0 Å². The summed E-state index contributed by atoms with van der Waals surface area (Å²) in [6.07, 6.45) is -3.79. The van der Waals surface area contributed by atoms with E-state index >= 15 is 0 Å². The third-order valence-corrected chi connectivity index (χ3v) is 2.87. The molecule has 0 bridgehead atoms. The van der Waals surface area contributed by atoms with E-state index in [9.17, 15) is 13.2 Å². The molecule has 0 amide bonds. The molecule has 0 atom stereocenters. The molecule has 1 aromatic heterocycles. The van der Waals surface area contributed by atoms with Gasteiger partial charge in [0.05, 0.1) is 6.61 Å². The van der Waals surface area contributed by atoms with E-state index < -0.39 is 12.0 Å². The number of alkyl halides is 3. The molecule has 1 N–H and O–H groups in total. The molecule has 5 nitrogen and oxygen atoms in total. The minimum Gasteiger partial charge on any atom is -0.380 e. The van der Waals surface area contributed by atoms with Crippen LogP contribution in [0.25, 0.3) is 0 Å². The van der Waals surface area contributed by atoms with E-state index in [0.717, 1.165) is 6.42 Å². The van der Waals surface area contributed by atoms with Crippen LogP contribution in [0.4, 0.5) is 24.8 Å². The first-order valence-electron chi connectivity index (χ1n) is 6.53. The van der Waals surface area contributed by atoms with Gasteiger partial charge in [-0.1, -0.05) is 0 Å². The van der Waals surface area contributed by atoms with Crippen LogP contribution in [-0.2, 0) is 10.9 Å². The first-order chi connectivity index (χ1) is 9.50. The van der Waals surface area contributed by atoms with Crippen molar-refractivity contribution in [2.75, 3.05) is 43.1 Å². The molecule has 0 radical (unpaired) electrons. The van der Waals surface area contributed by atoms with Gasteiger partial charge in [0, 0.05) is 32.3 Å². The molecule has 2 heterocycles. The number of ether oxygens (including phenoxy) is 1. The van der Waals surface area contributed by atoms with E-state index in [0.29, 0.717) is 32.8 Å². The standard InChI is InChI=1S/C12H17F3N4O/c1-2-16-9-8-10(18-11(17-9)12(13,14)15)19-4-3-6-20-7-5-19/h8H,2-7H2,1H3,(H,16,17,18). The number of hydrogen-bond donors (Lipinski definition) is 1. The van der Waals surface area contributed by atoms with Crippen molar-refractivity contribution in [3.63, 3.8) is 0 Å². The Kier molecular flexibility index (Phi) is 4.64. The lowest BCUT2D eigenvalue weighted by Gasteiger charge is -2.22. The van der Waals surface area contributed by atoms with Gasteiger partial charge >= 0.3 is 6.18 Å². The number of aromatic nitrogens is 2. The Morgan fingerprint density at radius 1 is 1.30 bits per heavy atom. The van der Waals surface area contributed by atoms with Gasteiger partial charge in [-0.25, -0.2) is 9.97 Å². The van der Waals surface area contributed by atoms with Crippen LogP contribution in [0.1, 0.15) is 19.2 Å². The van der Waals surface area contributed by atoms with Gasteiger partial charge in [0.1, 0.15) is 11.6 Å². The first kappa shape index (κ1) is 14.8. The molecule has 1 saturated heterocycles. The Morgan fingerprint density at radius 3 is 2.80 bits per heavy atom. The topological polar surface area (TPSA) is 50.3 Å². The van der Waals surface area contributed by atoms with Gasteiger partial charge in [-0.05, 0) is 13.3 Å². The maximum atomic E-state index is 12.8. The van der Waals surface area contributed by atoms with Gasteiger partial charge in [-0.15, -0.1) is 0 Å². The van der Waals surface area contributed by atoms with Crippen LogP contribution >= 0.6 is 0 Å². The SMILES string of the molecule is CCNc1cc(N2CCCOCC2)nc(C(F)(F)F)n1. The van der Waals surface area contributed by atoms with E-state index in [-0.39, 0.29) is 11.6 Å². The lowest BCUT2D eigenvalue weighted by molar-refractivity contribution is -0.144. The minimum absolute atomic E-state index is 0.190. The number of halogens is 3. The predicted molar refractivity (Wildman–Crippen MR) is 68.8 cm³/mol. The van der Waals surface area contributed by atoms with Gasteiger partial charge in [-0.3, -0.25) is 0 Å². The van der Waals surface area contributed by atoms with Crippen molar-refractivity contribution in [2.45, 2.75) is 19.5 Å². The molecule has 2 rings (SSSR count). The highest BCUT2D eigenvalue weighted by molar-refractivity contribution is 5.49. The summed E-state index contributed by atoms with van der Waals surface area (Å²) in [6, 6.07) is 1.55. The highest BCUT2D eigenvalue weighted by Gasteiger charge is 2.36. The lowest BCUT2D eigenvalue weighted by atomic mass is 10.3. The summed E-state index contributed by atoms with van der Waals surface area (Å²) in [4.78, 5) is 8.95. The smallest absolute Gasteiger partial charge is 0.380 e. The Labute approximate surface area is 115 Å². The largest absolute Gasteiger partial charge is 0.451 e. The average Bonchev–Trinajstić information content (AvgIpc) is 2.66. The van der Waals surface area contributed by atoms with Crippen molar-refractivity contribution < 1.29 is 17.9 Å². The molecule has 0 spiro atoms. The molecule has 0 aliphatic carbocycles. The van der Waals surface area contributed by atoms with Gasteiger partial charge in [0.2, 0.25) is 5.82 Å². The van der Waals surface area contributed by atoms with Crippen LogP contribution < -0.4 is 10.2 Å². The van der Waals surface area contributed by atoms with Crippen LogP contribution in [0.3, 0.4) is 0 Å². The third kappa shape index (κ3) is 3.72.